The molecule has 0 N–H and O–H groups in total. The number of thioether (sulfide) groups is 1. The highest BCUT2D eigenvalue weighted by Crippen LogP contribution is 2.32. The second kappa shape index (κ2) is 12.7. The molecule has 2 aromatic heterocycles. The van der Waals surface area contributed by atoms with Crippen molar-refractivity contribution in [1.82, 2.24) is 24.4 Å². The van der Waals surface area contributed by atoms with E-state index in [1.54, 1.807) is 16.3 Å². The lowest BCUT2D eigenvalue weighted by atomic mass is 9.95. The van der Waals surface area contributed by atoms with Crippen molar-refractivity contribution < 1.29 is 13.2 Å². The Morgan fingerprint density at radius 1 is 0.925 bits per heavy atom. The van der Waals surface area contributed by atoms with Gasteiger partial charge in [-0.2, -0.15) is 18.2 Å². The predicted octanol–water partition coefficient (Wildman–Crippen LogP) is 5.55. The summed E-state index contributed by atoms with van der Waals surface area (Å²) in [6, 6.07) is 11.2. The quantitative estimate of drug-likeness (QED) is 0.189. The third kappa shape index (κ3) is 8.06. The molecule has 0 aliphatic carbocycles. The molecule has 3 heterocycles. The molecule has 0 spiro atoms. The van der Waals surface area contributed by atoms with E-state index < -0.39 is 17.3 Å². The van der Waals surface area contributed by atoms with Crippen LogP contribution in [-0.2, 0) is 23.9 Å². The first-order valence-corrected chi connectivity index (χ1v) is 14.6. The number of hydrogen-bond donors (Lipinski definition) is 0. The van der Waals surface area contributed by atoms with Crippen molar-refractivity contribution in [3.8, 4) is 0 Å². The molecule has 0 unspecified atom stereocenters. The number of aromatic nitrogens is 4. The van der Waals surface area contributed by atoms with Crippen LogP contribution in [0.3, 0.4) is 0 Å². The van der Waals surface area contributed by atoms with Gasteiger partial charge in [0.1, 0.15) is 22.4 Å². The van der Waals surface area contributed by atoms with Gasteiger partial charge in [-0.3, -0.25) is 9.47 Å². The Kier molecular flexibility index (Phi) is 9.56. The summed E-state index contributed by atoms with van der Waals surface area (Å²) in [5.74, 6) is 1.30. The molecule has 0 bridgehead atoms. The molecule has 3 aromatic rings. The van der Waals surface area contributed by atoms with Crippen LogP contribution in [0.25, 0.3) is 0 Å². The molecule has 4 rings (SSSR count). The zero-order valence-electron chi connectivity index (χ0n) is 23.5. The maximum absolute atomic E-state index is 13.5. The molecule has 11 heteroatoms. The topological polar surface area (TPSA) is 67.2 Å². The van der Waals surface area contributed by atoms with E-state index in [4.69, 9.17) is 0 Å². The Morgan fingerprint density at radius 3 is 2.25 bits per heavy atom. The summed E-state index contributed by atoms with van der Waals surface area (Å²) < 4.78 is 42.1. The number of piperazine rings is 1. The lowest BCUT2D eigenvalue weighted by molar-refractivity contribution is -0.141. The van der Waals surface area contributed by atoms with Gasteiger partial charge in [-0.05, 0) is 37.4 Å². The zero-order chi connectivity index (χ0) is 28.9. The minimum atomic E-state index is -4.52. The van der Waals surface area contributed by atoms with Gasteiger partial charge in [0, 0.05) is 56.2 Å². The zero-order valence-corrected chi connectivity index (χ0v) is 24.4. The first-order chi connectivity index (χ1) is 18.9. The molecule has 40 heavy (non-hydrogen) atoms. The second-order valence-corrected chi connectivity index (χ2v) is 12.2. The van der Waals surface area contributed by atoms with Crippen LogP contribution >= 0.6 is 11.8 Å². The minimum Gasteiger partial charge on any atom is -0.354 e. The number of aryl methyl sites for hydroxylation is 2. The average molecular weight is 575 g/mol. The van der Waals surface area contributed by atoms with Crippen molar-refractivity contribution in [3.63, 3.8) is 0 Å². The molecule has 0 radical (unpaired) electrons. The number of nitrogens with zero attached hydrogens (tertiary/aromatic N) is 6. The summed E-state index contributed by atoms with van der Waals surface area (Å²) in [6.45, 7) is 11.6. The normalized spacial score (nSPS) is 15.0. The number of benzene rings is 1. The van der Waals surface area contributed by atoms with Crippen LogP contribution in [0.4, 0.5) is 19.0 Å². The first kappa shape index (κ1) is 30.0. The maximum atomic E-state index is 13.5. The molecular weight excluding hydrogens is 537 g/mol. The molecule has 0 atom stereocenters. The third-order valence-corrected chi connectivity index (χ3v) is 8.01. The van der Waals surface area contributed by atoms with E-state index in [1.165, 1.54) is 5.56 Å². The standard InChI is InChI=1S/C29H37F3N6OS/c1-21-19-38(27(39)35-25(21)40-20-22-10-6-5-7-11-22)13-9-8-12-36-14-16-37(17-15-36)24-18-23(29(30,31)32)33-26(34-24)28(2,3)4/h5-7,10-11,18-19H,8-9,12-17,20H2,1-4H3. The lowest BCUT2D eigenvalue weighted by Crippen LogP contribution is -2.47. The highest BCUT2D eigenvalue weighted by Gasteiger charge is 2.36. The van der Waals surface area contributed by atoms with E-state index in [-0.39, 0.29) is 11.5 Å². The van der Waals surface area contributed by atoms with Crippen LogP contribution in [0.2, 0.25) is 0 Å². The Hall–Kier alpha value is -2.92. The number of rotatable bonds is 9. The van der Waals surface area contributed by atoms with E-state index in [1.807, 2.05) is 57.0 Å². The van der Waals surface area contributed by atoms with E-state index in [9.17, 15) is 18.0 Å². The largest absolute Gasteiger partial charge is 0.433 e. The second-order valence-electron chi connectivity index (χ2n) is 11.2. The number of unbranched alkanes of at least 4 members (excludes halogenated alkanes) is 1. The first-order valence-electron chi connectivity index (χ1n) is 13.6. The minimum absolute atomic E-state index is 0.197. The molecule has 0 saturated carbocycles. The van der Waals surface area contributed by atoms with Gasteiger partial charge >= 0.3 is 11.9 Å². The van der Waals surface area contributed by atoms with Gasteiger partial charge in [-0.15, -0.1) is 11.8 Å². The Bertz CT molecular complexity index is 1300. The van der Waals surface area contributed by atoms with Crippen molar-refractivity contribution in [2.75, 3.05) is 37.6 Å². The number of hydrogen-bond acceptors (Lipinski definition) is 7. The Labute approximate surface area is 237 Å². The molecule has 1 aromatic carbocycles. The van der Waals surface area contributed by atoms with Crippen molar-refractivity contribution in [1.29, 1.82) is 0 Å². The Balaban J connectivity index is 1.25. The molecule has 1 aliphatic rings. The number of halogens is 3. The van der Waals surface area contributed by atoms with Gasteiger partial charge in [0.05, 0.1) is 0 Å². The van der Waals surface area contributed by atoms with Crippen molar-refractivity contribution in [2.24, 2.45) is 0 Å². The summed E-state index contributed by atoms with van der Waals surface area (Å²) in [6.07, 6.45) is -0.871. The number of anilines is 1. The SMILES string of the molecule is Cc1cn(CCCCN2CCN(c3cc(C(F)(F)F)nc(C(C)(C)C)n3)CC2)c(=O)nc1SCc1ccccc1. The molecule has 0 amide bonds. The molecule has 1 aliphatic heterocycles. The van der Waals surface area contributed by atoms with Gasteiger partial charge in [-0.25, -0.2) is 14.8 Å². The molecular formula is C29H37F3N6OS. The van der Waals surface area contributed by atoms with Crippen LogP contribution in [0.5, 0.6) is 0 Å². The lowest BCUT2D eigenvalue weighted by Gasteiger charge is -2.36. The van der Waals surface area contributed by atoms with Gasteiger partial charge < -0.3 is 4.90 Å². The van der Waals surface area contributed by atoms with Crippen LogP contribution in [0.1, 0.15) is 56.3 Å². The van der Waals surface area contributed by atoms with Crippen LogP contribution in [0, 0.1) is 6.92 Å². The highest BCUT2D eigenvalue weighted by atomic mass is 32.2. The van der Waals surface area contributed by atoms with Gasteiger partial charge in [0.25, 0.3) is 0 Å². The van der Waals surface area contributed by atoms with E-state index >= 15 is 0 Å². The third-order valence-electron chi connectivity index (χ3n) is 6.84. The average Bonchev–Trinajstić information content (AvgIpc) is 2.91. The summed E-state index contributed by atoms with van der Waals surface area (Å²) in [5.41, 5.74) is 0.469. The summed E-state index contributed by atoms with van der Waals surface area (Å²) in [5, 5.41) is 0.767. The summed E-state index contributed by atoms with van der Waals surface area (Å²) >= 11 is 1.57. The highest BCUT2D eigenvalue weighted by molar-refractivity contribution is 7.98. The fraction of sp³-hybridized carbons (Fsp3) is 0.517. The summed E-state index contributed by atoms with van der Waals surface area (Å²) in [4.78, 5) is 29.4. The fourth-order valence-corrected chi connectivity index (χ4v) is 5.43. The molecule has 216 valence electrons. The van der Waals surface area contributed by atoms with E-state index in [0.717, 1.165) is 54.9 Å². The van der Waals surface area contributed by atoms with E-state index in [2.05, 4.69) is 32.0 Å². The fourth-order valence-electron chi connectivity index (χ4n) is 4.51. The van der Waals surface area contributed by atoms with Crippen LogP contribution in [-0.4, -0.2) is 57.1 Å². The predicted molar refractivity (Wildman–Crippen MR) is 153 cm³/mol. The monoisotopic (exact) mass is 574 g/mol. The van der Waals surface area contributed by atoms with Crippen molar-refractivity contribution >= 4 is 17.6 Å². The van der Waals surface area contributed by atoms with Crippen LogP contribution in [0.15, 0.2) is 52.4 Å². The van der Waals surface area contributed by atoms with Gasteiger partial charge in [0.2, 0.25) is 0 Å². The molecule has 1 fully saturated rings. The Morgan fingerprint density at radius 2 is 1.60 bits per heavy atom. The maximum Gasteiger partial charge on any atom is 0.433 e. The molecule has 7 nitrogen and oxygen atoms in total. The van der Waals surface area contributed by atoms with Gasteiger partial charge in [0.15, 0.2) is 0 Å². The van der Waals surface area contributed by atoms with Crippen molar-refractivity contribution in [3.05, 3.63) is 75.7 Å². The number of alkyl halides is 3. The van der Waals surface area contributed by atoms with Crippen LogP contribution < -0.4 is 10.6 Å². The summed E-state index contributed by atoms with van der Waals surface area (Å²) in [7, 11) is 0. The van der Waals surface area contributed by atoms with Gasteiger partial charge in [-0.1, -0.05) is 51.1 Å². The van der Waals surface area contributed by atoms with E-state index in [0.29, 0.717) is 25.5 Å². The smallest absolute Gasteiger partial charge is 0.354 e. The molecule has 1 saturated heterocycles. The van der Waals surface area contributed by atoms with Crippen molar-refractivity contribution in [2.45, 2.75) is 69.5 Å².